The van der Waals surface area contributed by atoms with E-state index in [2.05, 4.69) is 208 Å². The molecule has 1 heterocycles. The van der Waals surface area contributed by atoms with Crippen molar-refractivity contribution in [2.75, 3.05) is 4.90 Å². The first-order valence-corrected chi connectivity index (χ1v) is 20.6. The number of nitrogens with zero attached hydrogens (tertiary/aromatic N) is 1. The molecule has 10 rings (SSSR count). The van der Waals surface area contributed by atoms with Crippen LogP contribution in [0.5, 0.6) is 0 Å². The van der Waals surface area contributed by atoms with E-state index in [1.807, 2.05) is 12.1 Å². The Morgan fingerprint density at radius 2 is 1.03 bits per heavy atom. The molecule has 1 aliphatic carbocycles. The molecule has 284 valence electrons. The highest BCUT2D eigenvalue weighted by molar-refractivity contribution is 6.13. The summed E-state index contributed by atoms with van der Waals surface area (Å²) in [6.07, 6.45) is 6.87. The predicted octanol–water partition coefficient (Wildman–Crippen LogP) is 16.5. The summed E-state index contributed by atoms with van der Waals surface area (Å²) in [5.41, 5.74) is 21.6. The van der Waals surface area contributed by atoms with Gasteiger partial charge in [-0.2, -0.15) is 0 Å². The zero-order chi connectivity index (χ0) is 39.9. The van der Waals surface area contributed by atoms with Crippen LogP contribution in [0.1, 0.15) is 36.5 Å². The van der Waals surface area contributed by atoms with Gasteiger partial charge >= 0.3 is 0 Å². The number of rotatable bonds is 8. The zero-order valence-corrected chi connectivity index (χ0v) is 33.7. The second-order valence-electron chi connectivity index (χ2n) is 15.7. The molecule has 0 aliphatic heterocycles. The van der Waals surface area contributed by atoms with Gasteiger partial charge in [-0.25, -0.2) is 0 Å². The maximum Gasteiger partial charge on any atom is 0.137 e. The molecule has 0 unspecified atom stereocenters. The van der Waals surface area contributed by atoms with Crippen LogP contribution in [0, 0.1) is 13.8 Å². The summed E-state index contributed by atoms with van der Waals surface area (Å²) in [6.45, 7) is 6.81. The number of aryl methyl sites for hydroxylation is 1. The van der Waals surface area contributed by atoms with E-state index in [1.54, 1.807) is 0 Å². The normalized spacial score (nSPS) is 12.7. The summed E-state index contributed by atoms with van der Waals surface area (Å²) < 4.78 is 6.36. The quantitative estimate of drug-likeness (QED) is 0.153. The molecule has 0 N–H and O–H groups in total. The lowest BCUT2D eigenvalue weighted by atomic mass is 9.83. The second-order valence-corrected chi connectivity index (χ2v) is 15.7. The fourth-order valence-electron chi connectivity index (χ4n) is 8.99. The number of hydrogen-bond donors (Lipinski definition) is 0. The summed E-state index contributed by atoms with van der Waals surface area (Å²) in [5.74, 6) is 0. The van der Waals surface area contributed by atoms with Crippen molar-refractivity contribution < 1.29 is 4.42 Å². The molecule has 0 atom stereocenters. The highest BCUT2D eigenvalue weighted by Crippen LogP contribution is 2.45. The van der Waals surface area contributed by atoms with E-state index in [1.165, 1.54) is 72.3 Å². The molecule has 8 aromatic carbocycles. The molecule has 0 radical (unpaired) electrons. The Morgan fingerprint density at radius 1 is 0.458 bits per heavy atom. The summed E-state index contributed by atoms with van der Waals surface area (Å²) in [6, 6.07) is 65.6. The first-order chi connectivity index (χ1) is 29.0. The van der Waals surface area contributed by atoms with E-state index in [0.717, 1.165) is 51.8 Å². The molecule has 0 amide bonds. The monoisotopic (exact) mass is 759 g/mol. The average Bonchev–Trinajstić information content (AvgIpc) is 3.68. The Bertz CT molecular complexity index is 3040. The minimum atomic E-state index is 0.875. The molecule has 0 bridgehead atoms. The lowest BCUT2D eigenvalue weighted by Crippen LogP contribution is -2.10. The smallest absolute Gasteiger partial charge is 0.137 e. The van der Waals surface area contributed by atoms with Crippen molar-refractivity contribution in [2.45, 2.75) is 33.6 Å². The van der Waals surface area contributed by atoms with Crippen LogP contribution in [-0.2, 0) is 0 Å². The fourth-order valence-corrected chi connectivity index (χ4v) is 8.99. The standard InChI is InChI=1S/C57H45NO/c1-38-14-7-9-18-48(38)50-36-37-51(56(40(50)3)49-19-10-8-15-39(49)2)45-26-24-42(25-27-45)44-30-34-47(35-31-44)58(46-32-28-43(29-33-46)41-16-5-4-6-17-41)53-21-13-23-55-57(53)52-20-11-12-22-54(52)59-55/h4-6,8-13,15-37H,7,14H2,1-3H3. The van der Waals surface area contributed by atoms with Crippen molar-refractivity contribution in [2.24, 2.45) is 0 Å². The summed E-state index contributed by atoms with van der Waals surface area (Å²) in [4.78, 5) is 2.35. The van der Waals surface area contributed by atoms with Crippen LogP contribution >= 0.6 is 0 Å². The highest BCUT2D eigenvalue weighted by atomic mass is 16.3. The first-order valence-electron chi connectivity index (χ1n) is 20.6. The predicted molar refractivity (Wildman–Crippen MR) is 251 cm³/mol. The third-order valence-electron chi connectivity index (χ3n) is 12.1. The lowest BCUT2D eigenvalue weighted by Gasteiger charge is -2.26. The maximum absolute atomic E-state index is 6.36. The van der Waals surface area contributed by atoms with Gasteiger partial charge in [0.2, 0.25) is 0 Å². The van der Waals surface area contributed by atoms with Crippen LogP contribution in [0.3, 0.4) is 0 Å². The van der Waals surface area contributed by atoms with Crippen LogP contribution < -0.4 is 4.90 Å². The molecule has 0 saturated carbocycles. The largest absolute Gasteiger partial charge is 0.456 e. The van der Waals surface area contributed by atoms with Gasteiger partial charge in [-0.05, 0) is 143 Å². The molecule has 2 nitrogen and oxygen atoms in total. The number of hydrogen-bond acceptors (Lipinski definition) is 2. The lowest BCUT2D eigenvalue weighted by molar-refractivity contribution is 0.669. The van der Waals surface area contributed by atoms with Gasteiger partial charge in [0, 0.05) is 16.8 Å². The van der Waals surface area contributed by atoms with E-state index in [9.17, 15) is 0 Å². The van der Waals surface area contributed by atoms with Gasteiger partial charge in [-0.15, -0.1) is 0 Å². The van der Waals surface area contributed by atoms with Gasteiger partial charge in [-0.1, -0.05) is 157 Å². The van der Waals surface area contributed by atoms with Crippen LogP contribution in [-0.4, -0.2) is 0 Å². The van der Waals surface area contributed by atoms with E-state index < -0.39 is 0 Å². The zero-order valence-electron chi connectivity index (χ0n) is 33.7. The van der Waals surface area contributed by atoms with Gasteiger partial charge in [0.1, 0.15) is 11.2 Å². The summed E-state index contributed by atoms with van der Waals surface area (Å²) >= 11 is 0. The number of allylic oxidation sites excluding steroid dienone is 4. The van der Waals surface area contributed by atoms with Crippen LogP contribution in [0.4, 0.5) is 17.1 Å². The second kappa shape index (κ2) is 15.3. The number of para-hydroxylation sites is 1. The minimum Gasteiger partial charge on any atom is -0.456 e. The Kier molecular flexibility index (Phi) is 9.39. The van der Waals surface area contributed by atoms with Gasteiger partial charge < -0.3 is 9.32 Å². The molecule has 2 heteroatoms. The summed E-state index contributed by atoms with van der Waals surface area (Å²) in [5, 5.41) is 2.21. The molecular formula is C57H45NO. The van der Waals surface area contributed by atoms with Crippen molar-refractivity contribution >= 4 is 44.6 Å². The minimum absolute atomic E-state index is 0.875. The molecule has 0 fully saturated rings. The number of anilines is 3. The van der Waals surface area contributed by atoms with Crippen molar-refractivity contribution in [3.63, 3.8) is 0 Å². The van der Waals surface area contributed by atoms with Gasteiger partial charge in [-0.3, -0.25) is 0 Å². The first kappa shape index (κ1) is 36.2. The van der Waals surface area contributed by atoms with Gasteiger partial charge in [0.15, 0.2) is 0 Å². The third-order valence-corrected chi connectivity index (χ3v) is 12.1. The summed E-state index contributed by atoms with van der Waals surface area (Å²) in [7, 11) is 0. The average molecular weight is 760 g/mol. The van der Waals surface area contributed by atoms with Crippen LogP contribution in [0.2, 0.25) is 0 Å². The van der Waals surface area contributed by atoms with Crippen molar-refractivity contribution in [3.8, 4) is 44.5 Å². The molecule has 59 heavy (non-hydrogen) atoms. The molecule has 1 aromatic heterocycles. The number of fused-ring (bicyclic) bond motifs is 3. The molecule has 0 spiro atoms. The fraction of sp³-hybridized carbons (Fsp3) is 0.0877. The molecule has 9 aromatic rings. The van der Waals surface area contributed by atoms with Crippen LogP contribution in [0.15, 0.2) is 204 Å². The van der Waals surface area contributed by atoms with E-state index in [-0.39, 0.29) is 0 Å². The Labute approximate surface area is 347 Å². The van der Waals surface area contributed by atoms with E-state index >= 15 is 0 Å². The van der Waals surface area contributed by atoms with Crippen molar-refractivity contribution in [1.82, 2.24) is 0 Å². The molecule has 1 aliphatic rings. The molecular weight excluding hydrogens is 715 g/mol. The van der Waals surface area contributed by atoms with Gasteiger partial charge in [0.25, 0.3) is 0 Å². The third kappa shape index (κ3) is 6.67. The van der Waals surface area contributed by atoms with Crippen LogP contribution in [0.25, 0.3) is 72.0 Å². The SMILES string of the molecule is CC1=C(c2ccc(-c3ccc(-c4ccc(N(c5ccc(-c6ccccc6)cc5)c5cccc6oc7ccccc7c56)cc4)cc3)c(-c3ccccc3C)c2C)C=CCC1. The highest BCUT2D eigenvalue weighted by Gasteiger charge is 2.21. The van der Waals surface area contributed by atoms with E-state index in [4.69, 9.17) is 4.42 Å². The Morgan fingerprint density at radius 3 is 1.73 bits per heavy atom. The Balaban J connectivity index is 1.03. The van der Waals surface area contributed by atoms with Crippen molar-refractivity contribution in [1.29, 1.82) is 0 Å². The number of furan rings is 1. The van der Waals surface area contributed by atoms with Gasteiger partial charge in [0.05, 0.1) is 11.1 Å². The van der Waals surface area contributed by atoms with Crippen molar-refractivity contribution in [3.05, 3.63) is 216 Å². The topological polar surface area (TPSA) is 16.4 Å². The number of benzene rings is 8. The maximum atomic E-state index is 6.36. The molecule has 0 saturated heterocycles. The Hall–Kier alpha value is -7.16. The van der Waals surface area contributed by atoms with E-state index in [0.29, 0.717) is 0 Å².